The van der Waals surface area contributed by atoms with Gasteiger partial charge in [0.2, 0.25) is 5.78 Å². The molecule has 0 N–H and O–H groups in total. The molecule has 0 radical (unpaired) electrons. The fourth-order valence-electron chi connectivity index (χ4n) is 1.48. The first-order valence-corrected chi connectivity index (χ1v) is 4.96. The maximum atomic E-state index is 12.0. The number of aromatic carboxylic acids is 1. The summed E-state index contributed by atoms with van der Waals surface area (Å²) >= 11 is 0. The van der Waals surface area contributed by atoms with Crippen LogP contribution in [0.3, 0.4) is 0 Å². The van der Waals surface area contributed by atoms with Gasteiger partial charge in [0.25, 0.3) is 0 Å². The largest absolute Gasteiger partial charge is 0.545 e. The third-order valence-corrected chi connectivity index (χ3v) is 2.28. The van der Waals surface area contributed by atoms with Crippen LogP contribution >= 0.6 is 0 Å². The summed E-state index contributed by atoms with van der Waals surface area (Å²) in [5.41, 5.74) is 0.105. The molecule has 0 bridgehead atoms. The van der Waals surface area contributed by atoms with Crippen molar-refractivity contribution < 1.29 is 14.7 Å². The molecule has 0 aliphatic carbocycles. The summed E-state index contributed by atoms with van der Waals surface area (Å²) < 4.78 is 0. The molecule has 2 rings (SSSR count). The minimum atomic E-state index is -1.41. The van der Waals surface area contributed by atoms with E-state index in [0.29, 0.717) is 5.56 Å². The maximum Gasteiger partial charge on any atom is 0.212 e. The van der Waals surface area contributed by atoms with Gasteiger partial charge >= 0.3 is 0 Å². The lowest BCUT2D eigenvalue weighted by molar-refractivity contribution is -0.255. The van der Waals surface area contributed by atoms with Gasteiger partial charge in [0, 0.05) is 17.3 Å². The Morgan fingerprint density at radius 3 is 2.35 bits per heavy atom. The van der Waals surface area contributed by atoms with E-state index in [1.807, 2.05) is 0 Å². The molecule has 84 valence electrons. The van der Waals surface area contributed by atoms with Crippen LogP contribution in [0.15, 0.2) is 48.7 Å². The summed E-state index contributed by atoms with van der Waals surface area (Å²) in [6.45, 7) is 0. The van der Waals surface area contributed by atoms with E-state index in [2.05, 4.69) is 4.98 Å². The summed E-state index contributed by atoms with van der Waals surface area (Å²) in [7, 11) is 0. The summed E-state index contributed by atoms with van der Waals surface area (Å²) in [6.07, 6.45) is 1.38. The molecule has 0 fully saturated rings. The Hall–Kier alpha value is -2.49. The molecule has 4 heteroatoms. The molecule has 2 aromatic rings. The highest BCUT2D eigenvalue weighted by Crippen LogP contribution is 2.11. The van der Waals surface area contributed by atoms with E-state index in [1.165, 1.54) is 18.3 Å². The molecule has 0 atom stereocenters. The molecule has 4 nitrogen and oxygen atoms in total. The molecular weight excluding hydrogens is 218 g/mol. The van der Waals surface area contributed by atoms with E-state index >= 15 is 0 Å². The van der Waals surface area contributed by atoms with Crippen molar-refractivity contribution in [1.82, 2.24) is 4.98 Å². The molecule has 0 aliphatic rings. The second-order valence-corrected chi connectivity index (χ2v) is 3.38. The maximum absolute atomic E-state index is 12.0. The van der Waals surface area contributed by atoms with Gasteiger partial charge in [-0.3, -0.25) is 9.78 Å². The quantitative estimate of drug-likeness (QED) is 0.721. The Labute approximate surface area is 97.6 Å². The number of hydrogen-bond donors (Lipinski definition) is 0. The monoisotopic (exact) mass is 226 g/mol. The number of nitrogens with zero attached hydrogens (tertiary/aromatic N) is 1. The van der Waals surface area contributed by atoms with Crippen LogP contribution in [0.4, 0.5) is 0 Å². The number of hydrogen-bond acceptors (Lipinski definition) is 4. The number of carboxylic acids is 1. The lowest BCUT2D eigenvalue weighted by Gasteiger charge is -2.07. The topological polar surface area (TPSA) is 70.1 Å². The summed E-state index contributed by atoms with van der Waals surface area (Å²) in [6, 6.07) is 11.1. The highest BCUT2D eigenvalue weighted by Gasteiger charge is 2.14. The van der Waals surface area contributed by atoms with E-state index in [9.17, 15) is 14.7 Å². The lowest BCUT2D eigenvalue weighted by atomic mass is 10.0. The smallest absolute Gasteiger partial charge is 0.212 e. The van der Waals surface area contributed by atoms with Crippen LogP contribution in [-0.2, 0) is 0 Å². The van der Waals surface area contributed by atoms with Crippen LogP contribution in [0.5, 0.6) is 0 Å². The fourth-order valence-corrected chi connectivity index (χ4v) is 1.48. The van der Waals surface area contributed by atoms with Crippen LogP contribution in [-0.4, -0.2) is 16.7 Å². The van der Waals surface area contributed by atoms with Crippen molar-refractivity contribution in [3.8, 4) is 0 Å². The third kappa shape index (κ3) is 2.20. The van der Waals surface area contributed by atoms with Crippen LogP contribution in [0.1, 0.15) is 26.4 Å². The van der Waals surface area contributed by atoms with Crippen molar-refractivity contribution in [2.75, 3.05) is 0 Å². The Morgan fingerprint density at radius 1 is 1.00 bits per heavy atom. The number of benzene rings is 1. The van der Waals surface area contributed by atoms with Gasteiger partial charge < -0.3 is 9.90 Å². The molecule has 1 aromatic carbocycles. The van der Waals surface area contributed by atoms with Gasteiger partial charge in [-0.25, -0.2) is 0 Å². The van der Waals surface area contributed by atoms with E-state index in [1.54, 1.807) is 30.3 Å². The number of rotatable bonds is 3. The molecule has 0 saturated carbocycles. The first kappa shape index (κ1) is 11.0. The summed E-state index contributed by atoms with van der Waals surface area (Å²) in [4.78, 5) is 26.7. The van der Waals surface area contributed by atoms with Crippen LogP contribution in [0.25, 0.3) is 0 Å². The first-order chi connectivity index (χ1) is 8.20. The van der Waals surface area contributed by atoms with E-state index in [0.717, 1.165) is 0 Å². The number of carbonyl (C=O) groups excluding carboxylic acids is 2. The number of carboxylic acid groups (broad SMARTS) is 1. The molecule has 0 aliphatic heterocycles. The summed E-state index contributed by atoms with van der Waals surface area (Å²) in [5, 5.41) is 10.9. The van der Waals surface area contributed by atoms with Crippen molar-refractivity contribution in [2.45, 2.75) is 0 Å². The molecule has 17 heavy (non-hydrogen) atoms. The zero-order valence-electron chi connectivity index (χ0n) is 8.79. The first-order valence-electron chi connectivity index (χ1n) is 4.96. The predicted octanol–water partition coefficient (Wildman–Crippen LogP) is 0.676. The molecular formula is C13H8NO3-. The molecule has 0 unspecified atom stereocenters. The van der Waals surface area contributed by atoms with E-state index in [4.69, 9.17) is 0 Å². The van der Waals surface area contributed by atoms with Gasteiger partial charge in [-0.2, -0.15) is 0 Å². The van der Waals surface area contributed by atoms with Crippen LogP contribution < -0.4 is 5.11 Å². The third-order valence-electron chi connectivity index (χ3n) is 2.28. The lowest BCUT2D eigenvalue weighted by Crippen LogP contribution is -2.25. The fraction of sp³-hybridized carbons (Fsp3) is 0. The average molecular weight is 226 g/mol. The van der Waals surface area contributed by atoms with Gasteiger partial charge in [0.05, 0.1) is 5.97 Å². The average Bonchev–Trinajstić information content (AvgIpc) is 2.39. The van der Waals surface area contributed by atoms with Crippen molar-refractivity contribution in [1.29, 1.82) is 0 Å². The SMILES string of the molecule is O=C([O-])c1cccnc1C(=O)c1ccccc1. The predicted molar refractivity (Wildman–Crippen MR) is 58.4 cm³/mol. The standard InChI is InChI=1S/C13H9NO3/c15-12(9-5-2-1-3-6-9)11-10(13(16)17)7-4-8-14-11/h1-8H,(H,16,17)/p-1. The Balaban J connectivity index is 2.48. The van der Waals surface area contributed by atoms with Crippen LogP contribution in [0, 0.1) is 0 Å². The Bertz CT molecular complexity index is 564. The molecule has 1 aromatic heterocycles. The summed E-state index contributed by atoms with van der Waals surface area (Å²) in [5.74, 6) is -1.83. The molecule has 0 amide bonds. The number of aromatic nitrogens is 1. The van der Waals surface area contributed by atoms with Gasteiger partial charge in [0.1, 0.15) is 5.69 Å². The van der Waals surface area contributed by atoms with Crippen LogP contribution in [0.2, 0.25) is 0 Å². The normalized spacial score (nSPS) is 9.88. The molecule has 0 spiro atoms. The van der Waals surface area contributed by atoms with E-state index in [-0.39, 0.29) is 11.3 Å². The van der Waals surface area contributed by atoms with E-state index < -0.39 is 11.8 Å². The Morgan fingerprint density at radius 2 is 1.71 bits per heavy atom. The number of carbonyl (C=O) groups is 2. The number of ketones is 1. The van der Waals surface area contributed by atoms with Crippen molar-refractivity contribution in [3.63, 3.8) is 0 Å². The zero-order valence-corrected chi connectivity index (χ0v) is 8.79. The highest BCUT2D eigenvalue weighted by molar-refractivity contribution is 6.12. The second-order valence-electron chi connectivity index (χ2n) is 3.38. The molecule has 0 saturated heterocycles. The highest BCUT2D eigenvalue weighted by atomic mass is 16.4. The second kappa shape index (κ2) is 4.57. The van der Waals surface area contributed by atoms with Crippen molar-refractivity contribution in [2.24, 2.45) is 0 Å². The Kier molecular flexibility index (Phi) is 2.96. The van der Waals surface area contributed by atoms with Crippen molar-refractivity contribution >= 4 is 11.8 Å². The van der Waals surface area contributed by atoms with Crippen molar-refractivity contribution in [3.05, 3.63) is 65.5 Å². The van der Waals surface area contributed by atoms with Gasteiger partial charge in [-0.1, -0.05) is 30.3 Å². The number of pyridine rings is 1. The minimum absolute atomic E-state index is 0.0984. The zero-order chi connectivity index (χ0) is 12.3. The van der Waals surface area contributed by atoms with Gasteiger partial charge in [-0.15, -0.1) is 0 Å². The van der Waals surface area contributed by atoms with Gasteiger partial charge in [-0.05, 0) is 12.1 Å². The minimum Gasteiger partial charge on any atom is -0.545 e. The molecule has 1 heterocycles. The van der Waals surface area contributed by atoms with Gasteiger partial charge in [0.15, 0.2) is 0 Å².